The number of hydrogen-bond acceptors (Lipinski definition) is 1. The van der Waals surface area contributed by atoms with Crippen molar-refractivity contribution in [2.75, 3.05) is 4.43 Å². The molecule has 0 aliphatic carbocycles. The average molecular weight is 452 g/mol. The van der Waals surface area contributed by atoms with Gasteiger partial charge in [0.2, 0.25) is 0 Å². The Hall–Kier alpha value is -0.100. The molecule has 0 aliphatic rings. The number of hydrogen-bond donors (Lipinski definition) is 0. The van der Waals surface area contributed by atoms with Crippen molar-refractivity contribution in [2.24, 2.45) is 0 Å². The van der Waals surface area contributed by atoms with Crippen molar-refractivity contribution in [3.8, 4) is 0 Å². The minimum atomic E-state index is 0.0722. The van der Waals surface area contributed by atoms with Crippen molar-refractivity contribution in [2.45, 2.75) is 12.7 Å². The van der Waals surface area contributed by atoms with E-state index >= 15 is 0 Å². The Labute approximate surface area is 140 Å². The van der Waals surface area contributed by atoms with E-state index in [9.17, 15) is 0 Å². The second-order valence-corrected chi connectivity index (χ2v) is 6.37. The standard InChI is InChI=1S/C15H13BrClIO/c16-13-6-4-11(5-7-13)10-19-15(9-18)12-2-1-3-14(17)8-12/h1-8,15H,9-10H2. The summed E-state index contributed by atoms with van der Waals surface area (Å²) >= 11 is 11.8. The molecule has 0 N–H and O–H groups in total. The summed E-state index contributed by atoms with van der Waals surface area (Å²) in [4.78, 5) is 0. The smallest absolute Gasteiger partial charge is 0.0919 e. The molecule has 1 nitrogen and oxygen atoms in total. The third-order valence-corrected chi connectivity index (χ3v) is 4.29. The van der Waals surface area contributed by atoms with Crippen molar-refractivity contribution >= 4 is 50.1 Å². The van der Waals surface area contributed by atoms with E-state index in [2.05, 4.69) is 56.7 Å². The van der Waals surface area contributed by atoms with Gasteiger partial charge in [0, 0.05) is 13.9 Å². The van der Waals surface area contributed by atoms with Crippen LogP contribution in [-0.4, -0.2) is 4.43 Å². The molecule has 2 aromatic carbocycles. The van der Waals surface area contributed by atoms with Gasteiger partial charge >= 0.3 is 0 Å². The highest BCUT2D eigenvalue weighted by Gasteiger charge is 2.11. The van der Waals surface area contributed by atoms with Crippen LogP contribution in [0.3, 0.4) is 0 Å². The number of alkyl halides is 1. The molecule has 0 saturated heterocycles. The highest BCUT2D eigenvalue weighted by atomic mass is 127. The van der Waals surface area contributed by atoms with Gasteiger partial charge in [-0.25, -0.2) is 0 Å². The average Bonchev–Trinajstić information content (AvgIpc) is 2.42. The predicted molar refractivity (Wildman–Crippen MR) is 92.0 cm³/mol. The Bertz CT molecular complexity index is 530. The van der Waals surface area contributed by atoms with Gasteiger partial charge in [0.25, 0.3) is 0 Å². The summed E-state index contributed by atoms with van der Waals surface area (Å²) in [5.41, 5.74) is 2.29. The highest BCUT2D eigenvalue weighted by molar-refractivity contribution is 14.1. The maximum atomic E-state index is 6.02. The number of halogens is 3. The van der Waals surface area contributed by atoms with Crippen LogP contribution in [0.5, 0.6) is 0 Å². The van der Waals surface area contributed by atoms with Crippen LogP contribution in [-0.2, 0) is 11.3 Å². The molecule has 0 saturated carbocycles. The Morgan fingerprint density at radius 1 is 1.16 bits per heavy atom. The van der Waals surface area contributed by atoms with E-state index < -0.39 is 0 Å². The van der Waals surface area contributed by atoms with Gasteiger partial charge in [-0.05, 0) is 35.4 Å². The molecule has 1 unspecified atom stereocenters. The van der Waals surface area contributed by atoms with Crippen molar-refractivity contribution in [1.82, 2.24) is 0 Å². The summed E-state index contributed by atoms with van der Waals surface area (Å²) in [7, 11) is 0. The van der Waals surface area contributed by atoms with Crippen LogP contribution in [0.1, 0.15) is 17.2 Å². The molecule has 0 fully saturated rings. The van der Waals surface area contributed by atoms with E-state index in [4.69, 9.17) is 16.3 Å². The third-order valence-electron chi connectivity index (χ3n) is 2.73. The molecule has 2 rings (SSSR count). The first kappa shape index (κ1) is 15.3. The minimum Gasteiger partial charge on any atom is -0.368 e. The number of ether oxygens (including phenoxy) is 1. The molecular weight excluding hydrogens is 438 g/mol. The van der Waals surface area contributed by atoms with Crippen LogP contribution < -0.4 is 0 Å². The molecule has 0 heterocycles. The molecule has 4 heteroatoms. The van der Waals surface area contributed by atoms with Gasteiger partial charge in [-0.3, -0.25) is 0 Å². The summed E-state index contributed by atoms with van der Waals surface area (Å²) in [5.74, 6) is 0. The van der Waals surface area contributed by atoms with E-state index in [1.165, 1.54) is 5.56 Å². The molecule has 0 spiro atoms. The van der Waals surface area contributed by atoms with E-state index in [1.807, 2.05) is 30.3 Å². The van der Waals surface area contributed by atoms with Gasteiger partial charge in [0.05, 0.1) is 12.7 Å². The Kier molecular flexibility index (Phi) is 6.13. The van der Waals surface area contributed by atoms with Gasteiger partial charge in [-0.2, -0.15) is 0 Å². The maximum Gasteiger partial charge on any atom is 0.0919 e. The van der Waals surface area contributed by atoms with Crippen LogP contribution >= 0.6 is 50.1 Å². The maximum absolute atomic E-state index is 6.02. The van der Waals surface area contributed by atoms with Crippen LogP contribution in [0.4, 0.5) is 0 Å². The molecule has 0 amide bonds. The summed E-state index contributed by atoms with van der Waals surface area (Å²) in [5, 5.41) is 0.750. The SMILES string of the molecule is Clc1cccc(C(CI)OCc2ccc(Br)cc2)c1. The molecular formula is C15H13BrClIO. The lowest BCUT2D eigenvalue weighted by atomic mass is 10.1. The summed E-state index contributed by atoms with van der Waals surface area (Å²) in [6.07, 6.45) is 0.0722. The van der Waals surface area contributed by atoms with E-state index in [-0.39, 0.29) is 6.10 Å². The van der Waals surface area contributed by atoms with E-state index in [0.717, 1.165) is 19.5 Å². The predicted octanol–water partition coefficient (Wildman–Crippen LogP) is 5.80. The number of rotatable bonds is 5. The van der Waals surface area contributed by atoms with Crippen LogP contribution in [0, 0.1) is 0 Å². The van der Waals surface area contributed by atoms with Gasteiger partial charge in [0.1, 0.15) is 0 Å². The highest BCUT2D eigenvalue weighted by Crippen LogP contribution is 2.24. The monoisotopic (exact) mass is 450 g/mol. The first-order valence-electron chi connectivity index (χ1n) is 5.86. The summed E-state index contributed by atoms with van der Waals surface area (Å²) in [6, 6.07) is 16.0. The van der Waals surface area contributed by atoms with E-state index in [1.54, 1.807) is 0 Å². The fourth-order valence-electron chi connectivity index (χ4n) is 1.71. The molecule has 1 atom stereocenters. The fraction of sp³-hybridized carbons (Fsp3) is 0.200. The van der Waals surface area contributed by atoms with Crippen molar-refractivity contribution in [1.29, 1.82) is 0 Å². The Morgan fingerprint density at radius 3 is 2.53 bits per heavy atom. The zero-order chi connectivity index (χ0) is 13.7. The largest absolute Gasteiger partial charge is 0.368 e. The summed E-state index contributed by atoms with van der Waals surface area (Å²) in [6.45, 7) is 0.605. The zero-order valence-electron chi connectivity index (χ0n) is 10.2. The lowest BCUT2D eigenvalue weighted by Crippen LogP contribution is -2.05. The molecule has 0 bridgehead atoms. The van der Waals surface area contributed by atoms with Crippen LogP contribution in [0.2, 0.25) is 5.02 Å². The van der Waals surface area contributed by atoms with Crippen molar-refractivity contribution < 1.29 is 4.74 Å². The lowest BCUT2D eigenvalue weighted by molar-refractivity contribution is 0.0577. The van der Waals surface area contributed by atoms with Gasteiger partial charge in [-0.15, -0.1) is 0 Å². The first-order chi connectivity index (χ1) is 9.19. The fourth-order valence-corrected chi connectivity index (χ4v) is 2.94. The second-order valence-electron chi connectivity index (χ2n) is 4.14. The minimum absolute atomic E-state index is 0.0722. The zero-order valence-corrected chi connectivity index (χ0v) is 14.7. The van der Waals surface area contributed by atoms with Crippen molar-refractivity contribution in [3.63, 3.8) is 0 Å². The van der Waals surface area contributed by atoms with Crippen LogP contribution in [0.15, 0.2) is 53.0 Å². The molecule has 0 radical (unpaired) electrons. The molecule has 0 aromatic heterocycles. The van der Waals surface area contributed by atoms with Gasteiger partial charge in [-0.1, -0.05) is 74.4 Å². The topological polar surface area (TPSA) is 9.23 Å². The third kappa shape index (κ3) is 4.74. The van der Waals surface area contributed by atoms with Gasteiger partial charge < -0.3 is 4.74 Å². The van der Waals surface area contributed by atoms with Crippen molar-refractivity contribution in [3.05, 3.63) is 69.2 Å². The first-order valence-corrected chi connectivity index (χ1v) is 8.56. The van der Waals surface area contributed by atoms with E-state index in [0.29, 0.717) is 6.61 Å². The summed E-state index contributed by atoms with van der Waals surface area (Å²) < 4.78 is 7.95. The van der Waals surface area contributed by atoms with Gasteiger partial charge in [0.15, 0.2) is 0 Å². The Morgan fingerprint density at radius 2 is 1.89 bits per heavy atom. The lowest BCUT2D eigenvalue weighted by Gasteiger charge is -2.16. The quantitative estimate of drug-likeness (QED) is 0.413. The molecule has 100 valence electrons. The van der Waals surface area contributed by atoms with Crippen LogP contribution in [0.25, 0.3) is 0 Å². The Balaban J connectivity index is 2.01. The molecule has 19 heavy (non-hydrogen) atoms. The molecule has 0 aliphatic heterocycles. The number of benzene rings is 2. The second kappa shape index (κ2) is 7.62. The normalized spacial score (nSPS) is 12.4. The molecule has 2 aromatic rings.